The van der Waals surface area contributed by atoms with Gasteiger partial charge in [0.1, 0.15) is 30.9 Å². The Balaban J connectivity index is 0.000000241. The second-order valence-electron chi connectivity index (χ2n) is 25.5. The molecule has 500 valence electrons. The van der Waals surface area contributed by atoms with Crippen LogP contribution in [0.5, 0.6) is 0 Å². The molecule has 3 aromatic rings. The molecular formula is C57H81BrF3N12NaO14S3. The van der Waals surface area contributed by atoms with Crippen LogP contribution in [0.25, 0.3) is 0 Å². The molecule has 8 heterocycles. The number of amides is 6. The Labute approximate surface area is 561 Å². The van der Waals surface area contributed by atoms with Gasteiger partial charge in [0.2, 0.25) is 23.6 Å². The molecule has 3 unspecified atom stereocenters. The number of likely N-dealkylation sites (tertiary alicyclic amines) is 1. The maximum atomic E-state index is 13.5. The molecular weight excluding hydrogens is 1330 g/mol. The van der Waals surface area contributed by atoms with E-state index in [1.165, 1.54) is 27.1 Å². The monoisotopic (exact) mass is 1410 g/mol. The van der Waals surface area contributed by atoms with Crippen molar-refractivity contribution in [2.45, 2.75) is 144 Å². The number of hydrogen-bond donors (Lipinski definition) is 1. The third kappa shape index (κ3) is 20.9. The van der Waals surface area contributed by atoms with Crippen molar-refractivity contribution >= 4 is 99.2 Å². The molecule has 2 N–H and O–H groups in total. The molecule has 2 aromatic heterocycles. The van der Waals surface area contributed by atoms with Crippen LogP contribution < -0.4 is 45.1 Å². The first-order valence-electron chi connectivity index (χ1n) is 29.0. The van der Waals surface area contributed by atoms with Crippen LogP contribution in [0.3, 0.4) is 0 Å². The number of alkyl halides is 1. The Bertz CT molecular complexity index is 3560. The van der Waals surface area contributed by atoms with Crippen molar-refractivity contribution in [1.82, 2.24) is 39.2 Å². The van der Waals surface area contributed by atoms with Crippen LogP contribution in [0, 0.1) is 35.2 Å². The Morgan fingerprint density at radius 2 is 1.10 bits per heavy atom. The summed E-state index contributed by atoms with van der Waals surface area (Å²) in [5, 5.41) is 9.57. The fourth-order valence-corrected chi connectivity index (χ4v) is 13.7. The van der Waals surface area contributed by atoms with E-state index in [0.29, 0.717) is 67.9 Å². The number of anilines is 2. The van der Waals surface area contributed by atoms with Gasteiger partial charge < -0.3 is 43.2 Å². The zero-order valence-corrected chi connectivity index (χ0v) is 59.6. The minimum absolute atomic E-state index is 0. The van der Waals surface area contributed by atoms with E-state index in [4.69, 9.17) is 23.6 Å². The summed E-state index contributed by atoms with van der Waals surface area (Å²) in [5.74, 6) is -5.47. The van der Waals surface area contributed by atoms with Crippen LogP contribution >= 0.6 is 15.9 Å². The molecule has 9 rings (SSSR count). The quantitative estimate of drug-likeness (QED) is 0.124. The number of nitrogens with zero attached hydrogens (tertiary/aromatic N) is 11. The molecule has 0 saturated carbocycles. The summed E-state index contributed by atoms with van der Waals surface area (Å²) in [6.07, 6.45) is 7.64. The predicted octanol–water partition coefficient (Wildman–Crippen LogP) is 2.13. The first-order valence-corrected chi connectivity index (χ1v) is 35.7. The SMILES string of the molecule is C[C@H]1CN=C(C(=CN)N2CC(CS(C)(=O)=O)CC2=O)CN1C(=O)OC(C)(C)C.C[C@H]1Cn2ncc(N3CC(CBr)CC3=O)c2CN1C(=O)OC(C)(C)C.C[C@H]1Cn2ncc(N3CC(CS(C)(=O)=O)CC3=O)c2CN1C(=O)Cc1cc(F)c(F)c(F)c1.C[S-](=O)=O.[Na+]. The van der Waals surface area contributed by atoms with Crippen LogP contribution in [-0.4, -0.2) is 195 Å². The van der Waals surface area contributed by atoms with E-state index in [9.17, 15) is 58.8 Å². The summed E-state index contributed by atoms with van der Waals surface area (Å²) in [6, 6.07) is 1.15. The average Bonchev–Trinajstić information content (AvgIpc) is 1.68. The molecule has 0 spiro atoms. The van der Waals surface area contributed by atoms with Gasteiger partial charge in [-0.1, -0.05) is 32.9 Å². The largest absolute Gasteiger partial charge is 1.00 e. The molecule has 0 aliphatic carbocycles. The predicted molar refractivity (Wildman–Crippen MR) is 331 cm³/mol. The van der Waals surface area contributed by atoms with Crippen molar-refractivity contribution in [2.75, 3.05) is 78.1 Å². The Morgan fingerprint density at radius 3 is 1.54 bits per heavy atom. The van der Waals surface area contributed by atoms with Gasteiger partial charge in [0.05, 0.1) is 116 Å². The molecule has 6 atom stereocenters. The fourth-order valence-electron chi connectivity index (χ4n) is 11.1. The molecule has 0 bridgehead atoms. The van der Waals surface area contributed by atoms with E-state index in [0.717, 1.165) is 47.6 Å². The van der Waals surface area contributed by atoms with E-state index in [2.05, 4.69) is 31.1 Å². The smallest absolute Gasteiger partial charge is 0.444 e. The molecule has 26 nitrogen and oxygen atoms in total. The zero-order chi connectivity index (χ0) is 67.3. The average molecular weight is 1410 g/mol. The summed E-state index contributed by atoms with van der Waals surface area (Å²) in [4.78, 5) is 89.5. The Hall–Kier alpha value is -5.61. The van der Waals surface area contributed by atoms with E-state index >= 15 is 0 Å². The van der Waals surface area contributed by atoms with Gasteiger partial charge in [-0.05, 0) is 97.8 Å². The molecule has 1 aromatic carbocycles. The molecule has 34 heteroatoms. The Morgan fingerprint density at radius 1 is 0.681 bits per heavy atom. The van der Waals surface area contributed by atoms with Crippen molar-refractivity contribution < 1.29 is 106 Å². The summed E-state index contributed by atoms with van der Waals surface area (Å²) < 4.78 is 119. The van der Waals surface area contributed by atoms with Crippen LogP contribution in [0.2, 0.25) is 0 Å². The summed E-state index contributed by atoms with van der Waals surface area (Å²) in [7, 11) is -8.28. The normalized spacial score (nSPS) is 22.0. The first kappa shape index (κ1) is 76.1. The van der Waals surface area contributed by atoms with E-state index in [-0.39, 0.29) is 146 Å². The third-order valence-corrected chi connectivity index (χ3v) is 18.1. The summed E-state index contributed by atoms with van der Waals surface area (Å²) in [5.41, 5.74) is 8.41. The van der Waals surface area contributed by atoms with Crippen molar-refractivity contribution in [2.24, 2.45) is 28.5 Å². The number of fused-ring (bicyclic) bond motifs is 2. The Kier molecular flexibility index (Phi) is 26.0. The van der Waals surface area contributed by atoms with E-state index in [1.807, 2.05) is 39.3 Å². The maximum absolute atomic E-state index is 13.5. The van der Waals surface area contributed by atoms with Crippen molar-refractivity contribution in [3.05, 3.63) is 70.8 Å². The van der Waals surface area contributed by atoms with Gasteiger partial charge in [0.25, 0.3) is 0 Å². The van der Waals surface area contributed by atoms with Crippen LogP contribution in [0.15, 0.2) is 41.4 Å². The van der Waals surface area contributed by atoms with Gasteiger partial charge >= 0.3 is 41.7 Å². The minimum Gasteiger partial charge on any atom is -0.444 e. The van der Waals surface area contributed by atoms with Gasteiger partial charge in [-0.2, -0.15) is 10.2 Å². The van der Waals surface area contributed by atoms with Crippen LogP contribution in [0.1, 0.15) is 98.5 Å². The molecule has 0 radical (unpaired) electrons. The standard InChI is InChI=1S/C21H23F3N4O4S.C18H30N4O5S.C17H25BrN4O3.CH3O2S.Na/c1-12-8-28-18(10-26(12)19(29)5-13-3-15(22)21(24)16(23)4-13)17(7-25-28)27-9-14(6-20(27)30)11-33(2,31)32;1-12-8-20-14(10-21(12)17(24)27-18(2,3)4)15(7-19)22-9-13(6-16(22)23)11-28(5,25)26;1-11-8-22-14(10-20(11)16(24)25-17(2,3)4)13(7-19-22)21-9-12(6-18)5-15(21)23;1-4(2)3;/h3-4,7,12,14H,5-6,8-11H2,1-2H3;7,12-13H,6,8-11,19H2,1-5H3;7,11-12H,5-6,8-10H2,1-4H3;1H3;/q;;;-1;+1/t12-,14?;12-,13?;11-,12?;;/m000../s1. The number of sulfone groups is 2. The molecule has 6 aliphatic heterocycles. The van der Waals surface area contributed by atoms with Gasteiger partial charge in [0.15, 0.2) is 17.5 Å². The van der Waals surface area contributed by atoms with E-state index < -0.39 is 71.0 Å². The summed E-state index contributed by atoms with van der Waals surface area (Å²) in [6.45, 7) is 19.8. The minimum atomic E-state index is -3.24. The molecule has 6 amide bonds. The third-order valence-electron chi connectivity index (χ3n) is 15.0. The summed E-state index contributed by atoms with van der Waals surface area (Å²) >= 11 is 3.46. The number of benzene rings is 1. The zero-order valence-electron chi connectivity index (χ0n) is 53.6. The van der Waals surface area contributed by atoms with Crippen LogP contribution in [-0.2, 0) is 100 Å². The maximum Gasteiger partial charge on any atom is 1.00 e. The second-order valence-corrected chi connectivity index (χ2v) is 31.3. The van der Waals surface area contributed by atoms with Crippen molar-refractivity contribution in [3.63, 3.8) is 0 Å². The topological polar surface area (TPSA) is 317 Å². The number of hydrogen-bond acceptors (Lipinski definition) is 19. The molecule has 91 heavy (non-hydrogen) atoms. The number of aliphatic imine (C=N–C) groups is 1. The van der Waals surface area contributed by atoms with Gasteiger partial charge in [0, 0.05) is 69.0 Å². The number of rotatable bonds is 11. The number of aromatic nitrogens is 4. The first-order chi connectivity index (χ1) is 41.7. The van der Waals surface area contributed by atoms with E-state index in [1.54, 1.807) is 53.3 Å². The number of carbonyl (C=O) groups excluding carboxylic acids is 6. The number of halogens is 4. The van der Waals surface area contributed by atoms with Gasteiger partial charge in [-0.15, -0.1) is 0 Å². The van der Waals surface area contributed by atoms with Gasteiger partial charge in [-0.25, -0.2) is 39.6 Å². The number of ether oxygens (including phenoxy) is 2. The second kappa shape index (κ2) is 31.1. The van der Waals surface area contributed by atoms with Crippen LogP contribution in [0.4, 0.5) is 34.1 Å². The number of carbonyl (C=O) groups is 6. The fraction of sp³-hybridized carbons (Fsp3) is 0.632. The van der Waals surface area contributed by atoms with Crippen molar-refractivity contribution in [1.29, 1.82) is 0 Å². The van der Waals surface area contributed by atoms with Gasteiger partial charge in [-0.3, -0.25) is 43.3 Å². The molecule has 3 fully saturated rings. The molecule has 3 saturated heterocycles. The molecule has 6 aliphatic rings. The number of nitrogens with two attached hydrogens (primary N) is 1. The van der Waals surface area contributed by atoms with Crippen molar-refractivity contribution in [3.8, 4) is 0 Å².